The standard InChI is InChI=1S/C17H13N3O5S/c1-9-15(25-13-5-3-2-4-12(13)24-9)16(21)19-17-18-11-7-6-10(20(22)23)8-14(11)26-17/h2-9,15H,1H3,(H,18,19,21). The monoisotopic (exact) mass is 371 g/mol. The molecular weight excluding hydrogens is 358 g/mol. The molecule has 8 nitrogen and oxygen atoms in total. The predicted octanol–water partition coefficient (Wildman–Crippen LogP) is 3.37. The number of aromatic nitrogens is 1. The van der Waals surface area contributed by atoms with E-state index in [2.05, 4.69) is 10.3 Å². The molecule has 3 aromatic rings. The zero-order valence-electron chi connectivity index (χ0n) is 13.5. The fourth-order valence-corrected chi connectivity index (χ4v) is 3.56. The number of nitrogens with one attached hydrogen (secondary N) is 1. The number of nitro benzene ring substituents is 1. The molecule has 1 amide bonds. The summed E-state index contributed by atoms with van der Waals surface area (Å²) in [7, 11) is 0. The van der Waals surface area contributed by atoms with E-state index in [1.54, 1.807) is 31.2 Å². The number of anilines is 1. The van der Waals surface area contributed by atoms with Gasteiger partial charge in [-0.2, -0.15) is 0 Å². The van der Waals surface area contributed by atoms with Crippen molar-refractivity contribution in [3.05, 3.63) is 52.6 Å². The number of hydrogen-bond acceptors (Lipinski definition) is 7. The van der Waals surface area contributed by atoms with Crippen LogP contribution >= 0.6 is 11.3 Å². The first-order valence-corrected chi connectivity index (χ1v) is 8.61. The Bertz CT molecular complexity index is 1020. The lowest BCUT2D eigenvalue weighted by atomic mass is 10.1. The second-order valence-corrected chi connectivity index (χ2v) is 6.76. The normalized spacial score (nSPS) is 18.5. The number of non-ortho nitro benzene ring substituents is 1. The van der Waals surface area contributed by atoms with Crippen molar-refractivity contribution in [2.75, 3.05) is 5.32 Å². The van der Waals surface area contributed by atoms with Gasteiger partial charge >= 0.3 is 0 Å². The zero-order valence-corrected chi connectivity index (χ0v) is 14.4. The fourth-order valence-electron chi connectivity index (χ4n) is 2.66. The van der Waals surface area contributed by atoms with Crippen LogP contribution in [0.3, 0.4) is 0 Å². The van der Waals surface area contributed by atoms with Crippen molar-refractivity contribution in [2.24, 2.45) is 0 Å². The average molecular weight is 371 g/mol. The summed E-state index contributed by atoms with van der Waals surface area (Å²) in [6, 6.07) is 11.5. The third kappa shape index (κ3) is 2.93. The second-order valence-electron chi connectivity index (χ2n) is 5.73. The Labute approximate surface area is 151 Å². The van der Waals surface area contributed by atoms with Crippen LogP contribution in [0.1, 0.15) is 6.92 Å². The van der Waals surface area contributed by atoms with Gasteiger partial charge in [0.05, 0.1) is 15.1 Å². The molecule has 26 heavy (non-hydrogen) atoms. The molecule has 0 aliphatic carbocycles. The van der Waals surface area contributed by atoms with Crippen LogP contribution in [0.5, 0.6) is 11.5 Å². The fraction of sp³-hybridized carbons (Fsp3) is 0.176. The number of benzene rings is 2. The molecule has 0 fully saturated rings. The smallest absolute Gasteiger partial charge is 0.271 e. The molecule has 0 saturated heterocycles. The van der Waals surface area contributed by atoms with E-state index >= 15 is 0 Å². The van der Waals surface area contributed by atoms with Crippen LogP contribution in [0.15, 0.2) is 42.5 Å². The molecule has 2 aromatic carbocycles. The number of nitro groups is 1. The number of amides is 1. The molecule has 2 atom stereocenters. The molecule has 1 aliphatic rings. The Morgan fingerprint density at radius 1 is 1.23 bits per heavy atom. The van der Waals surface area contributed by atoms with E-state index in [9.17, 15) is 14.9 Å². The summed E-state index contributed by atoms with van der Waals surface area (Å²) in [5, 5.41) is 13.9. The van der Waals surface area contributed by atoms with Gasteiger partial charge < -0.3 is 9.47 Å². The van der Waals surface area contributed by atoms with Crippen molar-refractivity contribution in [1.29, 1.82) is 0 Å². The van der Waals surface area contributed by atoms with E-state index < -0.39 is 17.1 Å². The summed E-state index contributed by atoms with van der Waals surface area (Å²) in [5.74, 6) is 0.711. The summed E-state index contributed by atoms with van der Waals surface area (Å²) < 4.78 is 12.1. The lowest BCUT2D eigenvalue weighted by Gasteiger charge is -2.30. The number of fused-ring (bicyclic) bond motifs is 2. The highest BCUT2D eigenvalue weighted by atomic mass is 32.1. The molecule has 1 aromatic heterocycles. The van der Waals surface area contributed by atoms with E-state index in [0.717, 1.165) is 11.3 Å². The van der Waals surface area contributed by atoms with Gasteiger partial charge in [-0.3, -0.25) is 20.2 Å². The Hall–Kier alpha value is -3.20. The highest BCUT2D eigenvalue weighted by Gasteiger charge is 2.34. The van der Waals surface area contributed by atoms with Gasteiger partial charge in [0.15, 0.2) is 16.6 Å². The van der Waals surface area contributed by atoms with Gasteiger partial charge in [0, 0.05) is 12.1 Å². The first-order valence-electron chi connectivity index (χ1n) is 7.79. The number of nitrogens with zero attached hydrogens (tertiary/aromatic N) is 2. The van der Waals surface area contributed by atoms with Crippen LogP contribution < -0.4 is 14.8 Å². The molecule has 132 valence electrons. The molecule has 0 spiro atoms. The van der Waals surface area contributed by atoms with Gasteiger partial charge in [0.1, 0.15) is 6.10 Å². The lowest BCUT2D eigenvalue weighted by Crippen LogP contribution is -2.46. The highest BCUT2D eigenvalue weighted by molar-refractivity contribution is 7.22. The maximum atomic E-state index is 12.6. The SMILES string of the molecule is CC1Oc2ccccc2OC1C(=O)Nc1nc2ccc([N+](=O)[O-])cc2s1. The predicted molar refractivity (Wildman–Crippen MR) is 95.9 cm³/mol. The summed E-state index contributed by atoms with van der Waals surface area (Å²) in [4.78, 5) is 27.3. The van der Waals surface area contributed by atoms with Crippen molar-refractivity contribution in [2.45, 2.75) is 19.1 Å². The largest absolute Gasteiger partial charge is 0.482 e. The summed E-state index contributed by atoms with van der Waals surface area (Å²) >= 11 is 1.16. The Morgan fingerprint density at radius 3 is 2.69 bits per heavy atom. The molecule has 2 heterocycles. The van der Waals surface area contributed by atoms with Gasteiger partial charge in [0.2, 0.25) is 6.10 Å². The van der Waals surface area contributed by atoms with Crippen LogP contribution in [-0.4, -0.2) is 28.0 Å². The number of rotatable bonds is 3. The molecule has 4 rings (SSSR count). The Kier molecular flexibility index (Phi) is 3.92. The van der Waals surface area contributed by atoms with Crippen molar-refractivity contribution < 1.29 is 19.2 Å². The Balaban J connectivity index is 1.54. The van der Waals surface area contributed by atoms with Crippen LogP contribution in [0.2, 0.25) is 0 Å². The topological polar surface area (TPSA) is 104 Å². The van der Waals surface area contributed by atoms with Gasteiger partial charge in [-0.25, -0.2) is 4.98 Å². The third-order valence-corrected chi connectivity index (χ3v) is 4.85. The van der Waals surface area contributed by atoms with Gasteiger partial charge in [-0.05, 0) is 25.1 Å². The van der Waals surface area contributed by atoms with Gasteiger partial charge in [0.25, 0.3) is 11.6 Å². The van der Waals surface area contributed by atoms with Gasteiger partial charge in [-0.15, -0.1) is 0 Å². The summed E-state index contributed by atoms with van der Waals surface area (Å²) in [6.45, 7) is 1.75. The molecule has 9 heteroatoms. The number of carbonyl (C=O) groups excluding carboxylic acids is 1. The molecule has 1 aliphatic heterocycles. The number of para-hydroxylation sites is 2. The summed E-state index contributed by atoms with van der Waals surface area (Å²) in [6.07, 6.45) is -1.30. The third-order valence-electron chi connectivity index (χ3n) is 3.91. The first-order chi connectivity index (χ1) is 12.5. The first kappa shape index (κ1) is 16.3. The molecule has 0 bridgehead atoms. The van der Waals surface area contributed by atoms with Crippen LogP contribution in [0.4, 0.5) is 10.8 Å². The number of ether oxygens (including phenoxy) is 2. The van der Waals surface area contributed by atoms with E-state index in [1.807, 2.05) is 6.07 Å². The van der Waals surface area contributed by atoms with Crippen molar-refractivity contribution in [3.63, 3.8) is 0 Å². The maximum absolute atomic E-state index is 12.6. The van der Waals surface area contributed by atoms with Crippen LogP contribution in [0.25, 0.3) is 10.2 Å². The quantitative estimate of drug-likeness (QED) is 0.559. The number of hydrogen-bond donors (Lipinski definition) is 1. The summed E-state index contributed by atoms with van der Waals surface area (Å²) in [5.41, 5.74) is 0.559. The van der Waals surface area contributed by atoms with Gasteiger partial charge in [-0.1, -0.05) is 23.5 Å². The average Bonchev–Trinajstić information content (AvgIpc) is 3.02. The van der Waals surface area contributed by atoms with Crippen LogP contribution in [0, 0.1) is 10.1 Å². The molecule has 1 N–H and O–H groups in total. The molecule has 0 radical (unpaired) electrons. The van der Waals surface area contributed by atoms with Crippen molar-refractivity contribution >= 4 is 38.3 Å². The minimum absolute atomic E-state index is 0.0201. The van der Waals surface area contributed by atoms with Crippen molar-refractivity contribution in [3.8, 4) is 11.5 Å². The number of thiazole rings is 1. The molecular formula is C17H13N3O5S. The zero-order chi connectivity index (χ0) is 18.3. The van der Waals surface area contributed by atoms with E-state index in [4.69, 9.17) is 9.47 Å². The highest BCUT2D eigenvalue weighted by Crippen LogP contribution is 2.34. The van der Waals surface area contributed by atoms with E-state index in [-0.39, 0.29) is 11.6 Å². The minimum Gasteiger partial charge on any atom is -0.482 e. The molecule has 0 saturated carbocycles. The van der Waals surface area contributed by atoms with Crippen LogP contribution in [-0.2, 0) is 4.79 Å². The lowest BCUT2D eigenvalue weighted by molar-refractivity contribution is -0.384. The molecule has 2 unspecified atom stereocenters. The minimum atomic E-state index is -0.828. The number of carbonyl (C=O) groups is 1. The van der Waals surface area contributed by atoms with E-state index in [1.165, 1.54) is 12.1 Å². The van der Waals surface area contributed by atoms with E-state index in [0.29, 0.717) is 26.8 Å². The second kappa shape index (κ2) is 6.26. The maximum Gasteiger partial charge on any atom is 0.271 e. The Morgan fingerprint density at radius 2 is 1.96 bits per heavy atom. The van der Waals surface area contributed by atoms with Crippen molar-refractivity contribution in [1.82, 2.24) is 4.98 Å².